The molecule has 2 heteroatoms. The molecule has 1 aromatic rings. The third-order valence-electron chi connectivity index (χ3n) is 1.70. The number of hydrogen-bond donors (Lipinski definition) is 0. The third kappa shape index (κ3) is 2.19. The SMILES string of the molecule is CC(c1ccccc1)C(F)Cl. The molecule has 0 amide bonds. The van der Waals surface area contributed by atoms with Gasteiger partial charge in [-0.05, 0) is 5.56 Å². The normalized spacial score (nSPS) is 15.9. The summed E-state index contributed by atoms with van der Waals surface area (Å²) >= 11 is 5.30. The molecule has 0 N–H and O–H groups in total. The summed E-state index contributed by atoms with van der Waals surface area (Å²) < 4.78 is 12.5. The quantitative estimate of drug-likeness (QED) is 0.601. The van der Waals surface area contributed by atoms with E-state index in [2.05, 4.69) is 0 Å². The highest BCUT2D eigenvalue weighted by molar-refractivity contribution is 6.20. The first-order valence-corrected chi connectivity index (χ1v) is 3.98. The minimum atomic E-state index is -1.29. The van der Waals surface area contributed by atoms with E-state index in [1.165, 1.54) is 0 Å². The van der Waals surface area contributed by atoms with Gasteiger partial charge in [0.15, 0.2) is 5.63 Å². The van der Waals surface area contributed by atoms with Gasteiger partial charge in [0.25, 0.3) is 0 Å². The molecule has 2 atom stereocenters. The fourth-order valence-electron chi connectivity index (χ4n) is 0.902. The van der Waals surface area contributed by atoms with Gasteiger partial charge in [-0.25, -0.2) is 4.39 Å². The molecule has 1 aromatic carbocycles. The predicted octanol–water partition coefficient (Wildman–Crippen LogP) is 3.32. The van der Waals surface area contributed by atoms with Gasteiger partial charge in [-0.1, -0.05) is 48.9 Å². The Labute approximate surface area is 71.0 Å². The summed E-state index contributed by atoms with van der Waals surface area (Å²) in [5.74, 6) is -0.224. The largest absolute Gasteiger partial charge is 0.229 e. The van der Waals surface area contributed by atoms with Crippen molar-refractivity contribution in [2.24, 2.45) is 0 Å². The topological polar surface area (TPSA) is 0 Å². The minimum Gasteiger partial charge on any atom is -0.229 e. The zero-order valence-corrected chi connectivity index (χ0v) is 7.05. The van der Waals surface area contributed by atoms with Gasteiger partial charge >= 0.3 is 0 Å². The van der Waals surface area contributed by atoms with Crippen LogP contribution < -0.4 is 0 Å². The number of rotatable bonds is 2. The van der Waals surface area contributed by atoms with Crippen LogP contribution in [0.1, 0.15) is 18.4 Å². The molecule has 0 saturated carbocycles. The maximum absolute atomic E-state index is 12.5. The van der Waals surface area contributed by atoms with E-state index in [-0.39, 0.29) is 5.92 Å². The average molecular weight is 173 g/mol. The van der Waals surface area contributed by atoms with Crippen molar-refractivity contribution in [3.8, 4) is 0 Å². The summed E-state index contributed by atoms with van der Waals surface area (Å²) in [7, 11) is 0. The first kappa shape index (κ1) is 8.54. The maximum Gasteiger partial charge on any atom is 0.180 e. The van der Waals surface area contributed by atoms with E-state index < -0.39 is 5.63 Å². The first-order chi connectivity index (χ1) is 5.22. The molecule has 60 valence electrons. The van der Waals surface area contributed by atoms with Gasteiger partial charge < -0.3 is 0 Å². The fraction of sp³-hybridized carbons (Fsp3) is 0.333. The van der Waals surface area contributed by atoms with Crippen molar-refractivity contribution in [1.29, 1.82) is 0 Å². The number of halogens is 2. The van der Waals surface area contributed by atoms with Crippen molar-refractivity contribution >= 4 is 11.6 Å². The van der Waals surface area contributed by atoms with Crippen LogP contribution in [0.25, 0.3) is 0 Å². The summed E-state index contributed by atoms with van der Waals surface area (Å²) in [6.07, 6.45) is 0. The van der Waals surface area contributed by atoms with E-state index in [0.717, 1.165) is 5.56 Å². The van der Waals surface area contributed by atoms with Gasteiger partial charge in [-0.15, -0.1) is 0 Å². The molecule has 0 aliphatic rings. The van der Waals surface area contributed by atoms with Crippen molar-refractivity contribution in [1.82, 2.24) is 0 Å². The lowest BCUT2D eigenvalue weighted by Gasteiger charge is -2.10. The Kier molecular flexibility index (Phi) is 2.89. The van der Waals surface area contributed by atoms with Crippen LogP contribution in [0.15, 0.2) is 30.3 Å². The monoisotopic (exact) mass is 172 g/mol. The molecule has 0 saturated heterocycles. The molecule has 0 nitrogen and oxygen atoms in total. The van der Waals surface area contributed by atoms with Crippen LogP contribution in [-0.2, 0) is 0 Å². The zero-order valence-electron chi connectivity index (χ0n) is 6.30. The Balaban J connectivity index is 2.77. The van der Waals surface area contributed by atoms with Gasteiger partial charge in [-0.3, -0.25) is 0 Å². The number of hydrogen-bond acceptors (Lipinski definition) is 0. The Morgan fingerprint density at radius 1 is 1.27 bits per heavy atom. The van der Waals surface area contributed by atoms with E-state index in [1.807, 2.05) is 30.3 Å². The van der Waals surface area contributed by atoms with Crippen LogP contribution in [0.4, 0.5) is 4.39 Å². The van der Waals surface area contributed by atoms with Crippen molar-refractivity contribution in [2.75, 3.05) is 0 Å². The van der Waals surface area contributed by atoms with E-state index in [0.29, 0.717) is 0 Å². The van der Waals surface area contributed by atoms with Crippen LogP contribution in [-0.4, -0.2) is 5.63 Å². The molecule has 0 heterocycles. The average Bonchev–Trinajstić information content (AvgIpc) is 2.05. The van der Waals surface area contributed by atoms with Gasteiger partial charge in [0.2, 0.25) is 0 Å². The predicted molar refractivity (Wildman–Crippen MR) is 45.6 cm³/mol. The molecule has 11 heavy (non-hydrogen) atoms. The first-order valence-electron chi connectivity index (χ1n) is 3.55. The highest BCUT2D eigenvalue weighted by atomic mass is 35.5. The molecule has 0 fully saturated rings. The number of alkyl halides is 2. The Bertz CT molecular complexity index is 208. The second-order valence-corrected chi connectivity index (χ2v) is 2.95. The van der Waals surface area contributed by atoms with Crippen LogP contribution in [0, 0.1) is 0 Å². The van der Waals surface area contributed by atoms with E-state index in [9.17, 15) is 4.39 Å². The molecular weight excluding hydrogens is 163 g/mol. The number of benzene rings is 1. The zero-order chi connectivity index (χ0) is 8.27. The smallest absolute Gasteiger partial charge is 0.180 e. The molecule has 0 radical (unpaired) electrons. The van der Waals surface area contributed by atoms with Gasteiger partial charge in [0.05, 0.1) is 0 Å². The van der Waals surface area contributed by atoms with Crippen molar-refractivity contribution in [3.05, 3.63) is 35.9 Å². The van der Waals surface area contributed by atoms with Gasteiger partial charge in [0.1, 0.15) is 0 Å². The van der Waals surface area contributed by atoms with E-state index in [1.54, 1.807) is 6.92 Å². The molecule has 0 bridgehead atoms. The van der Waals surface area contributed by atoms with Crippen LogP contribution in [0.2, 0.25) is 0 Å². The summed E-state index contributed by atoms with van der Waals surface area (Å²) in [5.41, 5.74) is -0.354. The van der Waals surface area contributed by atoms with Crippen LogP contribution in [0.5, 0.6) is 0 Å². The van der Waals surface area contributed by atoms with E-state index >= 15 is 0 Å². The fourth-order valence-corrected chi connectivity index (χ4v) is 1.05. The second-order valence-electron chi connectivity index (χ2n) is 2.53. The maximum atomic E-state index is 12.5. The van der Waals surface area contributed by atoms with Crippen molar-refractivity contribution in [3.63, 3.8) is 0 Å². The highest BCUT2D eigenvalue weighted by Crippen LogP contribution is 2.23. The molecule has 0 spiro atoms. The van der Waals surface area contributed by atoms with Gasteiger partial charge in [0, 0.05) is 5.92 Å². The van der Waals surface area contributed by atoms with E-state index in [4.69, 9.17) is 11.6 Å². The van der Waals surface area contributed by atoms with Crippen molar-refractivity contribution in [2.45, 2.75) is 18.5 Å². The lowest BCUT2D eigenvalue weighted by Crippen LogP contribution is -2.02. The molecular formula is C9H10ClF. The molecule has 0 aliphatic carbocycles. The standard InChI is InChI=1S/C9H10ClF/c1-7(9(10)11)8-5-3-2-4-6-8/h2-7,9H,1H3. The Hall–Kier alpha value is -0.560. The molecule has 1 rings (SSSR count). The molecule has 0 aliphatic heterocycles. The lowest BCUT2D eigenvalue weighted by atomic mass is 10.0. The Morgan fingerprint density at radius 2 is 1.82 bits per heavy atom. The van der Waals surface area contributed by atoms with Gasteiger partial charge in [-0.2, -0.15) is 0 Å². The highest BCUT2D eigenvalue weighted by Gasteiger charge is 2.13. The van der Waals surface area contributed by atoms with Crippen molar-refractivity contribution < 1.29 is 4.39 Å². The summed E-state index contributed by atoms with van der Waals surface area (Å²) in [4.78, 5) is 0. The summed E-state index contributed by atoms with van der Waals surface area (Å²) in [5, 5.41) is 0. The summed E-state index contributed by atoms with van der Waals surface area (Å²) in [6.45, 7) is 1.77. The second kappa shape index (κ2) is 3.72. The van der Waals surface area contributed by atoms with Crippen LogP contribution in [0.3, 0.4) is 0 Å². The van der Waals surface area contributed by atoms with Crippen LogP contribution >= 0.6 is 11.6 Å². The summed E-state index contributed by atoms with van der Waals surface area (Å²) in [6, 6.07) is 9.41. The minimum absolute atomic E-state index is 0.224. The molecule has 0 aromatic heterocycles. The molecule has 2 unspecified atom stereocenters. The lowest BCUT2D eigenvalue weighted by molar-refractivity contribution is 0.395. The Morgan fingerprint density at radius 3 is 2.27 bits per heavy atom. The third-order valence-corrected chi connectivity index (χ3v) is 2.08.